The van der Waals surface area contributed by atoms with Crippen molar-refractivity contribution in [2.75, 3.05) is 35.0 Å². The fraction of sp³-hybridized carbons (Fsp3) is 0.435. The second kappa shape index (κ2) is 9.71. The summed E-state index contributed by atoms with van der Waals surface area (Å²) in [5.41, 5.74) is 1.63. The molecule has 1 aliphatic heterocycles. The van der Waals surface area contributed by atoms with E-state index in [9.17, 15) is 9.90 Å². The highest BCUT2D eigenvalue weighted by Gasteiger charge is 2.38. The quantitative estimate of drug-likeness (QED) is 0.704. The standard InChI is InChI=1S/C23H29NO6/c1-27-18-12-7-9-15(21(18)29-3)20(24-14-6-5-11-17(24)23(25)26)16-10-8-13-19(28-2)22(16)30-4/h7-10,12-13,17,20H,5-6,11,14H2,1-4H3,(H,25,26). The SMILES string of the molecule is COc1cccc(C(c2cccc(OC)c2OC)N2CCCCC2C(=O)O)c1OC. The van der Waals surface area contributed by atoms with E-state index in [4.69, 9.17) is 18.9 Å². The van der Waals surface area contributed by atoms with Crippen LogP contribution >= 0.6 is 0 Å². The smallest absolute Gasteiger partial charge is 0.320 e. The molecule has 0 saturated carbocycles. The molecule has 162 valence electrons. The Kier molecular flexibility index (Phi) is 7.05. The van der Waals surface area contributed by atoms with Crippen molar-refractivity contribution in [3.05, 3.63) is 47.5 Å². The molecule has 7 nitrogen and oxygen atoms in total. The third kappa shape index (κ3) is 4.03. The number of carbonyl (C=O) groups is 1. The maximum Gasteiger partial charge on any atom is 0.320 e. The van der Waals surface area contributed by atoms with E-state index < -0.39 is 18.1 Å². The number of piperidine rings is 1. The first-order chi connectivity index (χ1) is 14.6. The number of hydrogen-bond acceptors (Lipinski definition) is 6. The Morgan fingerprint density at radius 3 is 1.87 bits per heavy atom. The molecule has 1 saturated heterocycles. The van der Waals surface area contributed by atoms with Gasteiger partial charge < -0.3 is 24.1 Å². The zero-order valence-electron chi connectivity index (χ0n) is 17.9. The summed E-state index contributed by atoms with van der Waals surface area (Å²) >= 11 is 0. The Balaban J connectivity index is 2.27. The van der Waals surface area contributed by atoms with E-state index in [2.05, 4.69) is 0 Å². The summed E-state index contributed by atoms with van der Waals surface area (Å²) in [6, 6.07) is 10.3. The van der Waals surface area contributed by atoms with Gasteiger partial charge in [0.05, 0.1) is 34.5 Å². The Morgan fingerprint density at radius 1 is 0.900 bits per heavy atom. The van der Waals surface area contributed by atoms with Crippen LogP contribution in [0.15, 0.2) is 36.4 Å². The number of aliphatic carboxylic acids is 1. The van der Waals surface area contributed by atoms with Crippen molar-refractivity contribution >= 4 is 5.97 Å². The first kappa shape index (κ1) is 21.8. The fourth-order valence-corrected chi connectivity index (χ4v) is 4.31. The zero-order chi connectivity index (χ0) is 21.7. The van der Waals surface area contributed by atoms with E-state index in [1.807, 2.05) is 41.3 Å². The number of para-hydroxylation sites is 2. The van der Waals surface area contributed by atoms with Crippen molar-refractivity contribution in [1.82, 2.24) is 4.90 Å². The van der Waals surface area contributed by atoms with Gasteiger partial charge in [-0.15, -0.1) is 0 Å². The maximum absolute atomic E-state index is 12.1. The summed E-state index contributed by atoms with van der Waals surface area (Å²) in [6.07, 6.45) is 2.38. The van der Waals surface area contributed by atoms with E-state index in [1.54, 1.807) is 28.4 Å². The first-order valence-electron chi connectivity index (χ1n) is 9.97. The number of benzene rings is 2. The number of carboxylic acid groups (broad SMARTS) is 1. The highest BCUT2D eigenvalue weighted by Crippen LogP contribution is 2.46. The number of hydrogen-bond donors (Lipinski definition) is 1. The molecule has 1 unspecified atom stereocenters. The van der Waals surface area contributed by atoms with E-state index in [0.717, 1.165) is 24.0 Å². The van der Waals surface area contributed by atoms with Crippen molar-refractivity contribution < 1.29 is 28.8 Å². The van der Waals surface area contributed by atoms with Gasteiger partial charge >= 0.3 is 5.97 Å². The molecule has 0 aliphatic carbocycles. The summed E-state index contributed by atoms with van der Waals surface area (Å²) in [7, 11) is 6.35. The van der Waals surface area contributed by atoms with E-state index in [-0.39, 0.29) is 0 Å². The Labute approximate surface area is 177 Å². The van der Waals surface area contributed by atoms with Gasteiger partial charge in [-0.05, 0) is 31.5 Å². The highest BCUT2D eigenvalue weighted by atomic mass is 16.5. The largest absolute Gasteiger partial charge is 0.493 e. The summed E-state index contributed by atoms with van der Waals surface area (Å²) in [5.74, 6) is 1.49. The van der Waals surface area contributed by atoms with Gasteiger partial charge in [-0.3, -0.25) is 9.69 Å². The fourth-order valence-electron chi connectivity index (χ4n) is 4.31. The average molecular weight is 415 g/mol. The summed E-state index contributed by atoms with van der Waals surface area (Å²) in [4.78, 5) is 14.1. The van der Waals surface area contributed by atoms with Crippen LogP contribution in [0.4, 0.5) is 0 Å². The van der Waals surface area contributed by atoms with E-state index >= 15 is 0 Å². The minimum absolute atomic E-state index is 0.415. The molecule has 30 heavy (non-hydrogen) atoms. The molecule has 0 amide bonds. The van der Waals surface area contributed by atoms with Crippen molar-refractivity contribution in [1.29, 1.82) is 0 Å². The number of rotatable bonds is 8. The van der Waals surface area contributed by atoms with Crippen LogP contribution in [0.5, 0.6) is 23.0 Å². The summed E-state index contributed by atoms with van der Waals surface area (Å²) in [5, 5.41) is 9.95. The second-order valence-electron chi connectivity index (χ2n) is 7.16. The molecule has 1 aliphatic rings. The minimum Gasteiger partial charge on any atom is -0.493 e. The Hall–Kier alpha value is -2.93. The normalized spacial score (nSPS) is 16.9. The molecular weight excluding hydrogens is 386 g/mol. The van der Waals surface area contributed by atoms with Crippen LogP contribution in [0.25, 0.3) is 0 Å². The molecule has 2 aromatic rings. The van der Waals surface area contributed by atoms with Crippen LogP contribution in [0.2, 0.25) is 0 Å². The second-order valence-corrected chi connectivity index (χ2v) is 7.16. The van der Waals surface area contributed by atoms with Gasteiger partial charge in [0.15, 0.2) is 23.0 Å². The minimum atomic E-state index is -0.830. The van der Waals surface area contributed by atoms with Crippen LogP contribution in [-0.4, -0.2) is 57.0 Å². The van der Waals surface area contributed by atoms with E-state index in [0.29, 0.717) is 36.0 Å². The third-order valence-electron chi connectivity index (χ3n) is 5.62. The van der Waals surface area contributed by atoms with Crippen molar-refractivity contribution in [2.24, 2.45) is 0 Å². The molecule has 1 N–H and O–H groups in total. The Morgan fingerprint density at radius 2 is 1.43 bits per heavy atom. The molecule has 0 spiro atoms. The average Bonchev–Trinajstić information content (AvgIpc) is 2.78. The molecule has 0 radical (unpaired) electrons. The molecule has 7 heteroatoms. The monoisotopic (exact) mass is 415 g/mol. The molecule has 1 atom stereocenters. The molecular formula is C23H29NO6. The van der Waals surface area contributed by atoms with Crippen molar-refractivity contribution in [3.63, 3.8) is 0 Å². The lowest BCUT2D eigenvalue weighted by Gasteiger charge is -2.40. The van der Waals surface area contributed by atoms with Gasteiger partial charge in [-0.1, -0.05) is 30.7 Å². The van der Waals surface area contributed by atoms with Gasteiger partial charge in [-0.2, -0.15) is 0 Å². The van der Waals surface area contributed by atoms with Gasteiger partial charge in [0.25, 0.3) is 0 Å². The maximum atomic E-state index is 12.1. The number of ether oxygens (including phenoxy) is 4. The number of nitrogens with zero attached hydrogens (tertiary/aromatic N) is 1. The molecule has 3 rings (SSSR count). The zero-order valence-corrected chi connectivity index (χ0v) is 17.9. The number of methoxy groups -OCH3 is 4. The van der Waals surface area contributed by atoms with Gasteiger partial charge in [-0.25, -0.2) is 0 Å². The van der Waals surface area contributed by atoms with Gasteiger partial charge in [0.1, 0.15) is 6.04 Å². The molecule has 0 aromatic heterocycles. The summed E-state index contributed by atoms with van der Waals surface area (Å²) in [6.45, 7) is 0.641. The summed E-state index contributed by atoms with van der Waals surface area (Å²) < 4.78 is 22.5. The predicted molar refractivity (Wildman–Crippen MR) is 113 cm³/mol. The van der Waals surface area contributed by atoms with Gasteiger partial charge in [0, 0.05) is 11.1 Å². The van der Waals surface area contributed by atoms with E-state index in [1.165, 1.54) is 0 Å². The van der Waals surface area contributed by atoms with Crippen LogP contribution < -0.4 is 18.9 Å². The molecule has 0 bridgehead atoms. The third-order valence-corrected chi connectivity index (χ3v) is 5.62. The lowest BCUT2D eigenvalue weighted by molar-refractivity contribution is -0.145. The van der Waals surface area contributed by atoms with Gasteiger partial charge in [0.2, 0.25) is 0 Å². The Bertz CT molecular complexity index is 828. The highest BCUT2D eigenvalue weighted by molar-refractivity contribution is 5.74. The topological polar surface area (TPSA) is 77.5 Å². The van der Waals surface area contributed by atoms with Crippen LogP contribution in [0.1, 0.15) is 36.4 Å². The first-order valence-corrected chi connectivity index (χ1v) is 9.97. The lowest BCUT2D eigenvalue weighted by atomic mass is 9.90. The van der Waals surface area contributed by atoms with Crippen molar-refractivity contribution in [3.8, 4) is 23.0 Å². The predicted octanol–water partition coefficient (Wildman–Crippen LogP) is 3.75. The number of carboxylic acids is 1. The lowest BCUT2D eigenvalue weighted by Crippen LogP contribution is -2.47. The molecule has 1 heterocycles. The van der Waals surface area contributed by atoms with Crippen molar-refractivity contribution in [2.45, 2.75) is 31.3 Å². The van der Waals surface area contributed by atoms with Crippen LogP contribution in [-0.2, 0) is 4.79 Å². The van der Waals surface area contributed by atoms with Crippen LogP contribution in [0.3, 0.4) is 0 Å². The molecule has 1 fully saturated rings. The number of likely N-dealkylation sites (tertiary alicyclic amines) is 1. The molecule has 2 aromatic carbocycles. The van der Waals surface area contributed by atoms with Crippen LogP contribution in [0, 0.1) is 0 Å².